The summed E-state index contributed by atoms with van der Waals surface area (Å²) in [5.74, 6) is -3.09. The molecule has 1 rings (SSSR count). The van der Waals surface area contributed by atoms with Crippen molar-refractivity contribution in [1.82, 2.24) is 15.5 Å². The molecule has 13 heteroatoms. The molecule has 0 radical (unpaired) electrons. The molecule has 13 nitrogen and oxygen atoms in total. The van der Waals surface area contributed by atoms with Gasteiger partial charge in [0.05, 0.1) is 19.6 Å². The van der Waals surface area contributed by atoms with Gasteiger partial charge in [0.2, 0.25) is 17.7 Å². The number of unbranched alkanes of at least 4 members (excludes halogenated alkanes) is 23. The second-order valence-corrected chi connectivity index (χ2v) is 15.9. The van der Waals surface area contributed by atoms with Crippen LogP contribution in [-0.4, -0.2) is 111 Å². The first-order valence-electron chi connectivity index (χ1n) is 22.4. The van der Waals surface area contributed by atoms with Crippen LogP contribution in [0.4, 0.5) is 0 Å². The van der Waals surface area contributed by atoms with E-state index in [-0.39, 0.29) is 18.9 Å². The standard InChI is InChI=1S/C43H81N3O10/c1-3-5-7-9-11-13-14-15-16-17-18-19-21-23-25-27-31-46(37(50)28-26-24-22-20-12-10-8-6-4-2)43-39(41(54)40(53)35(33-48)56-43)45-42(55)34(32-47)44-36(49)29-30-38(51)52/h34-35,39-41,43,47-48,53-54H,3-33H2,1-2H3,(H,44,49)(H,45,55)(H,51,52)/t34-,35+,39-,40+,41+,43+/m0/s1. The van der Waals surface area contributed by atoms with Crippen molar-refractivity contribution in [3.05, 3.63) is 0 Å². The third-order valence-electron chi connectivity index (χ3n) is 11.0. The molecule has 0 saturated carbocycles. The molecule has 1 fully saturated rings. The van der Waals surface area contributed by atoms with Gasteiger partial charge in [0, 0.05) is 19.4 Å². The van der Waals surface area contributed by atoms with Crippen molar-refractivity contribution in [2.24, 2.45) is 0 Å². The maximum atomic E-state index is 13.9. The zero-order valence-electron chi connectivity index (χ0n) is 35.1. The predicted octanol–water partition coefficient (Wildman–Crippen LogP) is 6.26. The monoisotopic (exact) mass is 800 g/mol. The van der Waals surface area contributed by atoms with Crippen molar-refractivity contribution < 1.29 is 49.4 Å². The van der Waals surface area contributed by atoms with E-state index in [2.05, 4.69) is 24.5 Å². The largest absolute Gasteiger partial charge is 0.481 e. The minimum Gasteiger partial charge on any atom is -0.481 e. The van der Waals surface area contributed by atoms with Crippen LogP contribution in [0.3, 0.4) is 0 Å². The Balaban J connectivity index is 2.85. The average molecular weight is 800 g/mol. The summed E-state index contributed by atoms with van der Waals surface area (Å²) >= 11 is 0. The van der Waals surface area contributed by atoms with E-state index in [4.69, 9.17) is 9.84 Å². The lowest BCUT2D eigenvalue weighted by Gasteiger charge is -2.47. The fourth-order valence-corrected chi connectivity index (χ4v) is 7.42. The van der Waals surface area contributed by atoms with E-state index in [0.717, 1.165) is 38.5 Å². The van der Waals surface area contributed by atoms with E-state index in [0.29, 0.717) is 12.8 Å². The number of carboxylic acid groups (broad SMARTS) is 1. The number of carbonyl (C=O) groups is 4. The van der Waals surface area contributed by atoms with Crippen LogP contribution in [0, 0.1) is 0 Å². The Labute approximate surface area is 338 Å². The Bertz CT molecular complexity index is 1030. The third kappa shape index (κ3) is 23.2. The first-order valence-corrected chi connectivity index (χ1v) is 22.4. The van der Waals surface area contributed by atoms with Crippen LogP contribution < -0.4 is 10.6 Å². The molecule has 0 aliphatic carbocycles. The third-order valence-corrected chi connectivity index (χ3v) is 11.0. The maximum absolute atomic E-state index is 13.9. The summed E-state index contributed by atoms with van der Waals surface area (Å²) in [6, 6.07) is -2.83. The topological polar surface area (TPSA) is 206 Å². The van der Waals surface area contributed by atoms with Crippen LogP contribution in [0.25, 0.3) is 0 Å². The first-order chi connectivity index (χ1) is 27.1. The van der Waals surface area contributed by atoms with Crippen molar-refractivity contribution in [3.8, 4) is 0 Å². The van der Waals surface area contributed by atoms with E-state index < -0.39 is 80.5 Å². The highest BCUT2D eigenvalue weighted by molar-refractivity contribution is 5.89. The Kier molecular flexibility index (Phi) is 31.0. The van der Waals surface area contributed by atoms with Gasteiger partial charge in [-0.3, -0.25) is 19.2 Å². The van der Waals surface area contributed by atoms with Gasteiger partial charge in [-0.1, -0.05) is 162 Å². The van der Waals surface area contributed by atoms with Gasteiger partial charge in [0.1, 0.15) is 30.4 Å². The zero-order valence-corrected chi connectivity index (χ0v) is 35.1. The number of rotatable bonds is 36. The van der Waals surface area contributed by atoms with Gasteiger partial charge < -0.3 is 45.8 Å². The smallest absolute Gasteiger partial charge is 0.303 e. The highest BCUT2D eigenvalue weighted by atomic mass is 16.5. The average Bonchev–Trinajstić information content (AvgIpc) is 3.18. The normalized spacial score (nSPS) is 20.1. The Hall–Kier alpha value is -2.32. The molecule has 1 heterocycles. The highest BCUT2D eigenvalue weighted by Gasteiger charge is 2.48. The summed E-state index contributed by atoms with van der Waals surface area (Å²) < 4.78 is 6.06. The number of aliphatic hydroxyl groups excluding tert-OH is 4. The molecular weight excluding hydrogens is 718 g/mol. The maximum Gasteiger partial charge on any atom is 0.303 e. The summed E-state index contributed by atoms with van der Waals surface area (Å²) in [6.45, 7) is 3.27. The quantitative estimate of drug-likeness (QED) is 0.0354. The lowest BCUT2D eigenvalue weighted by molar-refractivity contribution is -0.231. The predicted molar refractivity (Wildman–Crippen MR) is 219 cm³/mol. The number of aliphatic hydroxyl groups is 4. The number of hydrogen-bond acceptors (Lipinski definition) is 9. The van der Waals surface area contributed by atoms with Gasteiger partial charge in [-0.15, -0.1) is 0 Å². The number of nitrogens with one attached hydrogen (secondary N) is 2. The fraction of sp³-hybridized carbons (Fsp3) is 0.907. The van der Waals surface area contributed by atoms with E-state index in [1.54, 1.807) is 0 Å². The van der Waals surface area contributed by atoms with Crippen LogP contribution >= 0.6 is 0 Å². The van der Waals surface area contributed by atoms with E-state index in [1.807, 2.05) is 0 Å². The van der Waals surface area contributed by atoms with Crippen molar-refractivity contribution in [2.75, 3.05) is 19.8 Å². The number of ether oxygens (including phenoxy) is 1. The first kappa shape index (κ1) is 51.7. The lowest BCUT2D eigenvalue weighted by Crippen LogP contribution is -2.70. The molecule has 6 atom stereocenters. The van der Waals surface area contributed by atoms with E-state index in [1.165, 1.54) is 114 Å². The molecule has 0 spiro atoms. The molecule has 0 unspecified atom stereocenters. The molecular formula is C43H81N3O10. The minimum absolute atomic E-state index is 0.223. The van der Waals surface area contributed by atoms with Crippen LogP contribution in [0.1, 0.15) is 194 Å². The molecule has 0 aromatic carbocycles. The molecule has 56 heavy (non-hydrogen) atoms. The number of carboxylic acids is 1. The summed E-state index contributed by atoms with van der Waals surface area (Å²) in [5.41, 5.74) is 0. The molecule has 0 aromatic rings. The van der Waals surface area contributed by atoms with Crippen LogP contribution in [0.5, 0.6) is 0 Å². The minimum atomic E-state index is -1.65. The van der Waals surface area contributed by atoms with E-state index in [9.17, 15) is 39.6 Å². The highest BCUT2D eigenvalue weighted by Crippen LogP contribution is 2.26. The summed E-state index contributed by atoms with van der Waals surface area (Å²) in [7, 11) is 0. The van der Waals surface area contributed by atoms with Crippen molar-refractivity contribution in [3.63, 3.8) is 0 Å². The lowest BCUT2D eigenvalue weighted by atomic mass is 9.94. The van der Waals surface area contributed by atoms with Crippen LogP contribution in [-0.2, 0) is 23.9 Å². The van der Waals surface area contributed by atoms with Gasteiger partial charge in [-0.2, -0.15) is 0 Å². The SMILES string of the molecule is CCCCCCCCCCCCCCCCCCN(C(=O)CCCCCCCCCCC)[C@@H]1O[C@H](CO)[C@@H](O)[C@H](O)[C@@H]1NC(=O)[C@H](CO)NC(=O)CCC(=O)O. The fourth-order valence-electron chi connectivity index (χ4n) is 7.42. The Morgan fingerprint density at radius 1 is 0.607 bits per heavy atom. The summed E-state index contributed by atoms with van der Waals surface area (Å²) in [5, 5.41) is 55.7. The Morgan fingerprint density at radius 2 is 1.05 bits per heavy atom. The van der Waals surface area contributed by atoms with E-state index >= 15 is 0 Å². The molecule has 1 aliphatic rings. The molecule has 7 N–H and O–H groups in total. The zero-order chi connectivity index (χ0) is 41.4. The van der Waals surface area contributed by atoms with Crippen molar-refractivity contribution in [2.45, 2.75) is 230 Å². The molecule has 3 amide bonds. The van der Waals surface area contributed by atoms with Crippen LogP contribution in [0.2, 0.25) is 0 Å². The number of amides is 3. The molecule has 328 valence electrons. The van der Waals surface area contributed by atoms with Gasteiger partial charge in [0.25, 0.3) is 0 Å². The van der Waals surface area contributed by atoms with Gasteiger partial charge in [0.15, 0.2) is 6.23 Å². The number of hydrogen-bond donors (Lipinski definition) is 7. The molecule has 1 saturated heterocycles. The number of aliphatic carboxylic acids is 1. The van der Waals surface area contributed by atoms with Gasteiger partial charge in [-0.25, -0.2) is 0 Å². The number of carbonyl (C=O) groups excluding carboxylic acids is 3. The Morgan fingerprint density at radius 3 is 1.48 bits per heavy atom. The van der Waals surface area contributed by atoms with Crippen LogP contribution in [0.15, 0.2) is 0 Å². The van der Waals surface area contributed by atoms with Crippen molar-refractivity contribution >= 4 is 23.7 Å². The molecule has 0 bridgehead atoms. The molecule has 0 aromatic heterocycles. The van der Waals surface area contributed by atoms with Gasteiger partial charge >= 0.3 is 5.97 Å². The molecule has 1 aliphatic heterocycles. The summed E-state index contributed by atoms with van der Waals surface area (Å²) in [6.07, 6.45) is 22.7. The van der Waals surface area contributed by atoms with Gasteiger partial charge in [-0.05, 0) is 12.8 Å². The summed E-state index contributed by atoms with van der Waals surface area (Å²) in [4.78, 5) is 51.9. The second-order valence-electron chi connectivity index (χ2n) is 15.9. The van der Waals surface area contributed by atoms with Crippen molar-refractivity contribution in [1.29, 1.82) is 0 Å². The second kappa shape index (κ2) is 33.6. The number of nitrogens with zero attached hydrogens (tertiary/aromatic N) is 1.